The van der Waals surface area contributed by atoms with Crippen molar-refractivity contribution in [2.45, 2.75) is 18.9 Å². The van der Waals surface area contributed by atoms with E-state index < -0.39 is 28.8 Å². The van der Waals surface area contributed by atoms with Gasteiger partial charge in [-0.2, -0.15) is 0 Å². The van der Waals surface area contributed by atoms with Crippen LogP contribution in [0.5, 0.6) is 0 Å². The lowest BCUT2D eigenvalue weighted by molar-refractivity contribution is 0.122. The molecule has 3 N–H and O–H groups in total. The molecule has 1 aromatic carbocycles. The Kier molecular flexibility index (Phi) is 5.28. The quantitative estimate of drug-likeness (QED) is 0.647. The number of benzene rings is 1. The molecule has 0 fully saturated rings. The first-order valence-electron chi connectivity index (χ1n) is 5.68. The maximum absolute atomic E-state index is 11.8. The Bertz CT molecular complexity index is 454. The van der Waals surface area contributed by atoms with Crippen molar-refractivity contribution in [2.24, 2.45) is 0 Å². The standard InChI is InChI=1S/C12H19NO4S/c1-12(9-14,10-15)13-18(16,17)8-7-11-5-3-2-4-6-11/h2-6,13-15H,7-10H2,1H3. The lowest BCUT2D eigenvalue weighted by Gasteiger charge is -2.25. The van der Waals surface area contributed by atoms with Crippen molar-refractivity contribution >= 4 is 10.0 Å². The molecule has 0 unspecified atom stereocenters. The van der Waals surface area contributed by atoms with E-state index in [1.165, 1.54) is 6.92 Å². The zero-order valence-electron chi connectivity index (χ0n) is 10.3. The highest BCUT2D eigenvalue weighted by Gasteiger charge is 2.28. The molecule has 0 amide bonds. The van der Waals surface area contributed by atoms with Gasteiger partial charge in [-0.15, -0.1) is 0 Å². The fraction of sp³-hybridized carbons (Fsp3) is 0.500. The maximum atomic E-state index is 11.8. The maximum Gasteiger partial charge on any atom is 0.212 e. The molecule has 0 radical (unpaired) electrons. The summed E-state index contributed by atoms with van der Waals surface area (Å²) in [5, 5.41) is 18.1. The molecule has 0 heterocycles. The van der Waals surface area contributed by atoms with E-state index in [0.717, 1.165) is 5.56 Å². The minimum absolute atomic E-state index is 0.0768. The lowest BCUT2D eigenvalue weighted by Crippen LogP contribution is -2.52. The molecule has 102 valence electrons. The molecule has 1 rings (SSSR count). The number of aliphatic hydroxyl groups excluding tert-OH is 2. The van der Waals surface area contributed by atoms with E-state index >= 15 is 0 Å². The fourth-order valence-corrected chi connectivity index (χ4v) is 2.92. The van der Waals surface area contributed by atoms with Gasteiger partial charge in [-0.05, 0) is 18.9 Å². The van der Waals surface area contributed by atoms with Crippen LogP contribution in [0.1, 0.15) is 12.5 Å². The summed E-state index contributed by atoms with van der Waals surface area (Å²) in [7, 11) is -3.53. The molecule has 5 nitrogen and oxygen atoms in total. The molecular weight excluding hydrogens is 254 g/mol. The van der Waals surface area contributed by atoms with E-state index in [4.69, 9.17) is 10.2 Å². The molecule has 0 atom stereocenters. The molecular formula is C12H19NO4S. The number of aliphatic hydroxyl groups is 2. The smallest absolute Gasteiger partial charge is 0.212 e. The molecule has 0 aliphatic carbocycles. The van der Waals surface area contributed by atoms with E-state index in [1.807, 2.05) is 30.3 Å². The average molecular weight is 273 g/mol. The van der Waals surface area contributed by atoms with Crippen molar-refractivity contribution in [1.29, 1.82) is 0 Å². The van der Waals surface area contributed by atoms with Gasteiger partial charge in [-0.1, -0.05) is 30.3 Å². The van der Waals surface area contributed by atoms with Gasteiger partial charge in [0.1, 0.15) is 0 Å². The van der Waals surface area contributed by atoms with Crippen LogP contribution in [-0.4, -0.2) is 43.1 Å². The average Bonchev–Trinajstić information content (AvgIpc) is 2.37. The van der Waals surface area contributed by atoms with Crippen molar-refractivity contribution in [3.05, 3.63) is 35.9 Å². The first-order valence-corrected chi connectivity index (χ1v) is 7.33. The fourth-order valence-electron chi connectivity index (χ4n) is 1.44. The van der Waals surface area contributed by atoms with Gasteiger partial charge in [-0.25, -0.2) is 13.1 Å². The van der Waals surface area contributed by atoms with Crippen molar-refractivity contribution in [3.63, 3.8) is 0 Å². The molecule has 0 aliphatic rings. The Hall–Kier alpha value is -0.950. The van der Waals surface area contributed by atoms with E-state index in [1.54, 1.807) is 0 Å². The Balaban J connectivity index is 2.61. The SMILES string of the molecule is CC(CO)(CO)NS(=O)(=O)CCc1ccccc1. The van der Waals surface area contributed by atoms with Crippen LogP contribution in [0.2, 0.25) is 0 Å². The summed E-state index contributed by atoms with van der Waals surface area (Å²) in [5.41, 5.74) is -0.284. The van der Waals surface area contributed by atoms with Gasteiger partial charge < -0.3 is 10.2 Å². The van der Waals surface area contributed by atoms with Crippen LogP contribution in [0.25, 0.3) is 0 Å². The molecule has 0 aliphatic heterocycles. The van der Waals surface area contributed by atoms with E-state index in [0.29, 0.717) is 6.42 Å². The van der Waals surface area contributed by atoms with Crippen molar-refractivity contribution < 1.29 is 18.6 Å². The van der Waals surface area contributed by atoms with Crippen LogP contribution in [0.15, 0.2) is 30.3 Å². The third-order valence-electron chi connectivity index (χ3n) is 2.60. The number of hydrogen-bond acceptors (Lipinski definition) is 4. The highest BCUT2D eigenvalue weighted by atomic mass is 32.2. The molecule has 0 saturated heterocycles. The first kappa shape index (κ1) is 15.1. The summed E-state index contributed by atoms with van der Waals surface area (Å²) in [5.74, 6) is -0.0768. The molecule has 1 aromatic rings. The number of sulfonamides is 1. The normalized spacial score (nSPS) is 12.6. The second-order valence-electron chi connectivity index (χ2n) is 4.53. The van der Waals surface area contributed by atoms with E-state index in [2.05, 4.69) is 4.72 Å². The van der Waals surface area contributed by atoms with E-state index in [-0.39, 0.29) is 5.75 Å². The van der Waals surface area contributed by atoms with Gasteiger partial charge in [-0.3, -0.25) is 0 Å². The highest BCUT2D eigenvalue weighted by molar-refractivity contribution is 7.89. The number of hydrogen-bond donors (Lipinski definition) is 3. The molecule has 6 heteroatoms. The Morgan fingerprint density at radius 1 is 1.17 bits per heavy atom. The minimum atomic E-state index is -3.53. The van der Waals surface area contributed by atoms with Crippen LogP contribution < -0.4 is 4.72 Å². The monoisotopic (exact) mass is 273 g/mol. The Morgan fingerprint density at radius 3 is 2.22 bits per heavy atom. The summed E-state index contributed by atoms with van der Waals surface area (Å²) in [6, 6.07) is 9.27. The Morgan fingerprint density at radius 2 is 1.72 bits per heavy atom. The van der Waals surface area contributed by atoms with Gasteiger partial charge in [0.05, 0.1) is 24.5 Å². The highest BCUT2D eigenvalue weighted by Crippen LogP contribution is 2.06. The van der Waals surface area contributed by atoms with Crippen molar-refractivity contribution in [3.8, 4) is 0 Å². The molecule has 0 bridgehead atoms. The molecule has 0 spiro atoms. The van der Waals surface area contributed by atoms with Gasteiger partial charge in [0.2, 0.25) is 10.0 Å². The summed E-state index contributed by atoms with van der Waals surface area (Å²) in [6.45, 7) is 0.551. The third-order valence-corrected chi connectivity index (χ3v) is 4.15. The number of rotatable bonds is 7. The molecule has 0 saturated carbocycles. The number of nitrogens with one attached hydrogen (secondary N) is 1. The largest absolute Gasteiger partial charge is 0.394 e. The van der Waals surface area contributed by atoms with Crippen molar-refractivity contribution in [1.82, 2.24) is 4.72 Å². The summed E-state index contributed by atoms with van der Waals surface area (Å²) >= 11 is 0. The minimum Gasteiger partial charge on any atom is -0.394 e. The lowest BCUT2D eigenvalue weighted by atomic mass is 10.1. The van der Waals surface area contributed by atoms with Crippen molar-refractivity contribution in [2.75, 3.05) is 19.0 Å². The Labute approximate surface area is 108 Å². The predicted octanol–water partition coefficient (Wildman–Crippen LogP) is -0.108. The second-order valence-corrected chi connectivity index (χ2v) is 6.38. The van der Waals surface area contributed by atoms with Crippen LogP contribution in [0, 0.1) is 0 Å². The van der Waals surface area contributed by atoms with Crippen LogP contribution in [0.3, 0.4) is 0 Å². The van der Waals surface area contributed by atoms with Crippen LogP contribution in [0.4, 0.5) is 0 Å². The van der Waals surface area contributed by atoms with E-state index in [9.17, 15) is 8.42 Å². The zero-order chi connectivity index (χ0) is 13.6. The van der Waals surface area contributed by atoms with Gasteiger partial charge >= 0.3 is 0 Å². The van der Waals surface area contributed by atoms with Gasteiger partial charge in [0.15, 0.2) is 0 Å². The second kappa shape index (κ2) is 6.29. The zero-order valence-corrected chi connectivity index (χ0v) is 11.2. The molecule has 0 aromatic heterocycles. The van der Waals surface area contributed by atoms with Crippen LogP contribution in [-0.2, 0) is 16.4 Å². The summed E-state index contributed by atoms with van der Waals surface area (Å²) < 4.78 is 25.9. The predicted molar refractivity (Wildman–Crippen MR) is 69.6 cm³/mol. The van der Waals surface area contributed by atoms with Gasteiger partial charge in [0.25, 0.3) is 0 Å². The van der Waals surface area contributed by atoms with Gasteiger partial charge in [0, 0.05) is 0 Å². The number of aryl methyl sites for hydroxylation is 1. The third kappa shape index (κ3) is 4.73. The van der Waals surface area contributed by atoms with Crippen LogP contribution >= 0.6 is 0 Å². The summed E-state index contributed by atoms with van der Waals surface area (Å²) in [4.78, 5) is 0. The molecule has 18 heavy (non-hydrogen) atoms. The summed E-state index contributed by atoms with van der Waals surface area (Å²) in [6.07, 6.45) is 0.392. The first-order chi connectivity index (χ1) is 8.41. The topological polar surface area (TPSA) is 86.6 Å².